The maximum absolute atomic E-state index is 11.0. The Kier molecular flexibility index (Phi) is 7.97. The first kappa shape index (κ1) is 18.5. The first-order valence-electron chi connectivity index (χ1n) is 6.27. The Balaban J connectivity index is 0.000000441. The Morgan fingerprint density at radius 2 is 2.00 bits per heavy atom. The molecule has 0 bridgehead atoms. The van der Waals surface area contributed by atoms with Gasteiger partial charge in [-0.3, -0.25) is 0 Å². The number of primary amides is 1. The fourth-order valence-corrected chi connectivity index (χ4v) is 1.75. The van der Waals surface area contributed by atoms with Crippen LogP contribution < -0.4 is 11.1 Å². The number of carbonyl (C=O) groups is 2. The number of nitrogens with one attached hydrogen (secondary N) is 1. The number of piperazine rings is 1. The van der Waals surface area contributed by atoms with Gasteiger partial charge in [0, 0.05) is 25.7 Å². The zero-order valence-corrected chi connectivity index (χ0v) is 11.2. The molecule has 1 aliphatic heterocycles. The summed E-state index contributed by atoms with van der Waals surface area (Å²) >= 11 is 0. The molecule has 0 aromatic heterocycles. The van der Waals surface area contributed by atoms with Gasteiger partial charge in [0.15, 0.2) is 0 Å². The Morgan fingerprint density at radius 3 is 2.40 bits per heavy atom. The number of rotatable bonds is 3. The third-order valence-corrected chi connectivity index (χ3v) is 2.77. The van der Waals surface area contributed by atoms with Crippen molar-refractivity contribution in [3.63, 3.8) is 0 Å². The van der Waals surface area contributed by atoms with Crippen molar-refractivity contribution in [2.75, 3.05) is 19.6 Å². The Hall–Kier alpha value is -1.51. The lowest BCUT2D eigenvalue weighted by Gasteiger charge is -2.35. The van der Waals surface area contributed by atoms with Gasteiger partial charge in [-0.2, -0.15) is 13.2 Å². The van der Waals surface area contributed by atoms with Crippen molar-refractivity contribution in [1.82, 2.24) is 10.2 Å². The van der Waals surface area contributed by atoms with E-state index in [2.05, 4.69) is 12.2 Å². The fourth-order valence-electron chi connectivity index (χ4n) is 1.75. The molecule has 6 nitrogen and oxygen atoms in total. The molecule has 1 heterocycles. The molecule has 2 amide bonds. The lowest BCUT2D eigenvalue weighted by molar-refractivity contribution is -0.192. The fraction of sp³-hybridized carbons (Fsp3) is 0.818. The Morgan fingerprint density at radius 1 is 1.45 bits per heavy atom. The highest BCUT2D eigenvalue weighted by atomic mass is 19.4. The summed E-state index contributed by atoms with van der Waals surface area (Å²) in [6, 6.07) is 0.0359. The maximum atomic E-state index is 11.0. The molecule has 0 aromatic carbocycles. The van der Waals surface area contributed by atoms with Crippen LogP contribution in [0.5, 0.6) is 0 Å². The van der Waals surface area contributed by atoms with E-state index in [1.807, 2.05) is 0 Å². The van der Waals surface area contributed by atoms with Gasteiger partial charge in [0.2, 0.25) is 0 Å². The number of alkyl halides is 3. The number of aliphatic carboxylic acids is 1. The van der Waals surface area contributed by atoms with Gasteiger partial charge in [-0.25, -0.2) is 9.59 Å². The van der Waals surface area contributed by atoms with Gasteiger partial charge in [0.1, 0.15) is 0 Å². The van der Waals surface area contributed by atoms with Crippen molar-refractivity contribution in [1.29, 1.82) is 0 Å². The van der Waals surface area contributed by atoms with Crippen LogP contribution in [0.25, 0.3) is 0 Å². The van der Waals surface area contributed by atoms with Gasteiger partial charge in [-0.1, -0.05) is 19.8 Å². The first-order chi connectivity index (χ1) is 9.20. The number of urea groups is 1. The predicted octanol–water partition coefficient (Wildman–Crippen LogP) is 1.16. The largest absolute Gasteiger partial charge is 0.490 e. The van der Waals surface area contributed by atoms with Crippen molar-refractivity contribution in [2.24, 2.45) is 5.73 Å². The van der Waals surface area contributed by atoms with Crippen LogP contribution in [-0.2, 0) is 4.79 Å². The molecule has 0 spiro atoms. The number of unbranched alkanes of at least 4 members (excludes halogenated alkanes) is 1. The zero-order valence-electron chi connectivity index (χ0n) is 11.2. The number of halogens is 3. The monoisotopic (exact) mass is 299 g/mol. The second-order valence-electron chi connectivity index (χ2n) is 4.33. The molecule has 20 heavy (non-hydrogen) atoms. The van der Waals surface area contributed by atoms with Crippen molar-refractivity contribution in [3.8, 4) is 0 Å². The number of carbonyl (C=O) groups excluding carboxylic acids is 1. The minimum absolute atomic E-state index is 0.275. The van der Waals surface area contributed by atoms with Crippen LogP contribution in [0.2, 0.25) is 0 Å². The molecule has 1 unspecified atom stereocenters. The van der Waals surface area contributed by atoms with Gasteiger partial charge in [0.25, 0.3) is 0 Å². The summed E-state index contributed by atoms with van der Waals surface area (Å²) in [5, 5.41) is 10.4. The lowest BCUT2D eigenvalue weighted by atomic mass is 10.1. The van der Waals surface area contributed by atoms with Crippen LogP contribution in [0, 0.1) is 0 Å². The molecular weight excluding hydrogens is 279 g/mol. The molecule has 0 aliphatic carbocycles. The predicted molar refractivity (Wildman–Crippen MR) is 66.2 cm³/mol. The number of carboxylic acids is 1. The molecule has 118 valence electrons. The number of nitrogens with two attached hydrogens (primary N) is 1. The second kappa shape index (κ2) is 8.62. The molecule has 1 aliphatic rings. The van der Waals surface area contributed by atoms with E-state index in [1.54, 1.807) is 4.90 Å². The van der Waals surface area contributed by atoms with E-state index in [0.29, 0.717) is 6.04 Å². The minimum Gasteiger partial charge on any atom is -0.475 e. The summed E-state index contributed by atoms with van der Waals surface area (Å²) in [5.74, 6) is -2.76. The Bertz CT molecular complexity index is 324. The summed E-state index contributed by atoms with van der Waals surface area (Å²) in [5.41, 5.74) is 5.29. The van der Waals surface area contributed by atoms with E-state index in [9.17, 15) is 18.0 Å². The van der Waals surface area contributed by atoms with Crippen molar-refractivity contribution in [3.05, 3.63) is 0 Å². The minimum atomic E-state index is -5.08. The van der Waals surface area contributed by atoms with Crippen LogP contribution in [0.15, 0.2) is 0 Å². The zero-order chi connectivity index (χ0) is 15.8. The summed E-state index contributed by atoms with van der Waals surface area (Å²) in [6.07, 6.45) is -1.69. The summed E-state index contributed by atoms with van der Waals surface area (Å²) in [4.78, 5) is 21.7. The van der Waals surface area contributed by atoms with Gasteiger partial charge < -0.3 is 21.1 Å². The smallest absolute Gasteiger partial charge is 0.475 e. The van der Waals surface area contributed by atoms with Crippen LogP contribution in [0.1, 0.15) is 26.2 Å². The molecule has 4 N–H and O–H groups in total. The van der Waals surface area contributed by atoms with E-state index < -0.39 is 12.1 Å². The third-order valence-electron chi connectivity index (χ3n) is 2.77. The van der Waals surface area contributed by atoms with Gasteiger partial charge in [-0.05, 0) is 6.42 Å². The molecule has 1 fully saturated rings. The van der Waals surface area contributed by atoms with Crippen LogP contribution in [0.4, 0.5) is 18.0 Å². The van der Waals surface area contributed by atoms with Crippen LogP contribution >= 0.6 is 0 Å². The quantitative estimate of drug-likeness (QED) is 0.728. The van der Waals surface area contributed by atoms with Crippen molar-refractivity contribution < 1.29 is 27.9 Å². The number of hydrogen-bond acceptors (Lipinski definition) is 3. The highest BCUT2D eigenvalue weighted by molar-refractivity contribution is 5.73. The van der Waals surface area contributed by atoms with Gasteiger partial charge in [0.05, 0.1) is 0 Å². The second-order valence-corrected chi connectivity index (χ2v) is 4.33. The molecule has 0 radical (unpaired) electrons. The first-order valence-corrected chi connectivity index (χ1v) is 6.27. The molecule has 1 rings (SSSR count). The Labute approximate surface area is 115 Å². The van der Waals surface area contributed by atoms with Crippen molar-refractivity contribution in [2.45, 2.75) is 38.4 Å². The lowest BCUT2D eigenvalue weighted by Crippen LogP contribution is -2.55. The van der Waals surface area contributed by atoms with Gasteiger partial charge in [-0.15, -0.1) is 0 Å². The van der Waals surface area contributed by atoms with E-state index >= 15 is 0 Å². The van der Waals surface area contributed by atoms with Crippen LogP contribution in [-0.4, -0.2) is 53.9 Å². The molecular formula is C11H20F3N3O3. The number of nitrogens with zero attached hydrogens (tertiary/aromatic N) is 1. The average molecular weight is 299 g/mol. The standard InChI is InChI=1S/C9H19N3O.C2HF3O2/c1-2-3-4-8-7-11-5-6-12(8)9(10)13;3-2(4,5)1(6)7/h8,11H,2-7H2,1H3,(H2,10,13);(H,6,7). The topological polar surface area (TPSA) is 95.7 Å². The maximum Gasteiger partial charge on any atom is 0.490 e. The summed E-state index contributed by atoms with van der Waals surface area (Å²) < 4.78 is 31.7. The highest BCUT2D eigenvalue weighted by Crippen LogP contribution is 2.13. The average Bonchev–Trinajstić information content (AvgIpc) is 2.36. The van der Waals surface area contributed by atoms with E-state index in [4.69, 9.17) is 15.6 Å². The molecule has 1 saturated heterocycles. The van der Waals surface area contributed by atoms with Gasteiger partial charge >= 0.3 is 18.2 Å². The number of amides is 2. The SMILES string of the molecule is CCCCC1CNCCN1C(N)=O.O=C(O)C(F)(F)F. The van der Waals surface area contributed by atoms with Crippen LogP contribution in [0.3, 0.4) is 0 Å². The van der Waals surface area contributed by atoms with E-state index in [-0.39, 0.29) is 6.03 Å². The summed E-state index contributed by atoms with van der Waals surface area (Å²) in [6.45, 7) is 4.67. The molecule has 0 saturated carbocycles. The number of hydrogen-bond donors (Lipinski definition) is 3. The third kappa shape index (κ3) is 7.17. The highest BCUT2D eigenvalue weighted by Gasteiger charge is 2.38. The van der Waals surface area contributed by atoms with E-state index in [0.717, 1.165) is 32.5 Å². The molecule has 9 heteroatoms. The normalized spacial score (nSPS) is 19.0. The van der Waals surface area contributed by atoms with Crippen molar-refractivity contribution >= 4 is 12.0 Å². The molecule has 0 aromatic rings. The number of carboxylic acid groups (broad SMARTS) is 1. The summed E-state index contributed by atoms with van der Waals surface area (Å²) in [7, 11) is 0. The van der Waals surface area contributed by atoms with E-state index in [1.165, 1.54) is 6.42 Å². The molecule has 1 atom stereocenters.